The van der Waals surface area contributed by atoms with Gasteiger partial charge in [0.05, 0.1) is 13.2 Å². The molecule has 1 N–H and O–H groups in total. The SMILES string of the molecule is CN(CCCN(C)c1ccc(/C=C/C2=C[NH+](C)C=C2)cc1)C(=O)CCCSSCCCC(=O)N(C)CCCN(C)c1ccc(/C=C/c2cc[n+](C)cc2)cc1. The summed E-state index contributed by atoms with van der Waals surface area (Å²) in [5.74, 6) is 2.31. The van der Waals surface area contributed by atoms with Crippen LogP contribution >= 0.6 is 21.6 Å². The van der Waals surface area contributed by atoms with Gasteiger partial charge >= 0.3 is 0 Å². The molecule has 1 aromatic heterocycles. The Morgan fingerprint density at radius 3 is 1.49 bits per heavy atom. The Kier molecular flexibility index (Phi) is 18.7. The fourth-order valence-electron chi connectivity index (χ4n) is 6.04. The van der Waals surface area contributed by atoms with Gasteiger partial charge in [0.1, 0.15) is 13.2 Å². The quantitative estimate of drug-likeness (QED) is 0.0647. The van der Waals surface area contributed by atoms with Gasteiger partial charge in [-0.15, -0.1) is 0 Å². The topological polar surface area (TPSA) is 55.4 Å². The molecule has 4 rings (SSSR count). The number of nitrogens with zero attached hydrogens (tertiary/aromatic N) is 5. The number of aryl methyl sites for hydroxylation is 1. The van der Waals surface area contributed by atoms with E-state index in [4.69, 9.17) is 0 Å². The number of anilines is 2. The fraction of sp³-hybridized carbons (Fsp3) is 0.400. The molecule has 2 aromatic carbocycles. The first-order valence-electron chi connectivity index (χ1n) is 19.5. The van der Waals surface area contributed by atoms with Crippen molar-refractivity contribution in [1.29, 1.82) is 0 Å². The van der Waals surface area contributed by atoms with Crippen LogP contribution in [0.1, 0.15) is 55.2 Å². The molecule has 0 spiro atoms. The summed E-state index contributed by atoms with van der Waals surface area (Å²) in [6, 6.07) is 21.4. The van der Waals surface area contributed by atoms with Crippen LogP contribution in [0.25, 0.3) is 18.2 Å². The number of rotatable bonds is 23. The average molecular weight is 783 g/mol. The predicted octanol–water partition coefficient (Wildman–Crippen LogP) is 6.83. The lowest BCUT2D eigenvalue weighted by Gasteiger charge is -2.22. The molecule has 3 aromatic rings. The number of hydrogen-bond acceptors (Lipinski definition) is 6. The van der Waals surface area contributed by atoms with Crippen molar-refractivity contribution in [3.63, 3.8) is 0 Å². The molecule has 1 atom stereocenters. The van der Waals surface area contributed by atoms with E-state index in [0.29, 0.717) is 12.8 Å². The van der Waals surface area contributed by atoms with E-state index in [1.165, 1.54) is 38.5 Å². The number of benzene rings is 2. The van der Waals surface area contributed by atoms with Gasteiger partial charge in [-0.1, -0.05) is 64.1 Å². The molecule has 0 saturated heterocycles. The van der Waals surface area contributed by atoms with Gasteiger partial charge in [0.15, 0.2) is 12.4 Å². The first-order valence-corrected chi connectivity index (χ1v) is 22.0. The Morgan fingerprint density at radius 1 is 0.618 bits per heavy atom. The molecular weight excluding hydrogens is 721 g/mol. The molecular formula is C45H62N6O2S2+2. The smallest absolute Gasteiger partial charge is 0.222 e. The van der Waals surface area contributed by atoms with E-state index in [0.717, 1.165) is 63.4 Å². The molecule has 1 aliphatic heterocycles. The third-order valence-corrected chi connectivity index (χ3v) is 12.3. The van der Waals surface area contributed by atoms with Crippen LogP contribution < -0.4 is 19.3 Å². The minimum Gasteiger partial charge on any atom is -0.375 e. The van der Waals surface area contributed by atoms with Crippen LogP contribution in [0.15, 0.2) is 103 Å². The number of pyridine rings is 1. The highest BCUT2D eigenvalue weighted by Crippen LogP contribution is 2.24. The number of hydrogen-bond donors (Lipinski definition) is 1. The summed E-state index contributed by atoms with van der Waals surface area (Å²) in [6.45, 7) is 3.29. The van der Waals surface area contributed by atoms with Gasteiger partial charge < -0.3 is 19.6 Å². The van der Waals surface area contributed by atoms with Crippen molar-refractivity contribution in [2.75, 3.05) is 82.7 Å². The van der Waals surface area contributed by atoms with E-state index in [1.54, 1.807) is 0 Å². The summed E-state index contributed by atoms with van der Waals surface area (Å²) < 4.78 is 2.03. The van der Waals surface area contributed by atoms with E-state index >= 15 is 0 Å². The fourth-order valence-corrected chi connectivity index (χ4v) is 8.22. The molecule has 2 heterocycles. The second kappa shape index (κ2) is 23.6. The van der Waals surface area contributed by atoms with Gasteiger partial charge in [-0.3, -0.25) is 14.5 Å². The van der Waals surface area contributed by atoms with E-state index < -0.39 is 0 Å². The molecule has 0 radical (unpaired) electrons. The maximum Gasteiger partial charge on any atom is 0.222 e. The summed E-state index contributed by atoms with van der Waals surface area (Å²) in [5.41, 5.74) is 7.12. The van der Waals surface area contributed by atoms with Crippen LogP contribution in [-0.2, 0) is 16.6 Å². The second-order valence-electron chi connectivity index (χ2n) is 14.4. The number of amides is 2. The summed E-state index contributed by atoms with van der Waals surface area (Å²) in [5, 5.41) is 0. The van der Waals surface area contributed by atoms with Crippen LogP contribution in [0.3, 0.4) is 0 Å². The van der Waals surface area contributed by atoms with E-state index in [-0.39, 0.29) is 11.8 Å². The summed E-state index contributed by atoms with van der Waals surface area (Å²) in [6.07, 6.45) is 23.9. The Balaban J connectivity index is 0.977. The monoisotopic (exact) mass is 782 g/mol. The summed E-state index contributed by atoms with van der Waals surface area (Å²) in [4.78, 5) is 34.9. The zero-order valence-electron chi connectivity index (χ0n) is 33.8. The molecule has 55 heavy (non-hydrogen) atoms. The minimum absolute atomic E-state index is 0.210. The van der Waals surface area contributed by atoms with Crippen LogP contribution in [0.5, 0.6) is 0 Å². The van der Waals surface area contributed by atoms with Gasteiger partial charge in [0.25, 0.3) is 0 Å². The van der Waals surface area contributed by atoms with Crippen molar-refractivity contribution in [3.8, 4) is 0 Å². The summed E-state index contributed by atoms with van der Waals surface area (Å²) in [7, 11) is 15.8. The van der Waals surface area contributed by atoms with Crippen LogP contribution in [0.4, 0.5) is 11.4 Å². The normalized spacial score (nSPS) is 13.8. The predicted molar refractivity (Wildman–Crippen MR) is 237 cm³/mol. The lowest BCUT2D eigenvalue weighted by atomic mass is 10.1. The summed E-state index contributed by atoms with van der Waals surface area (Å²) >= 11 is 0. The number of aromatic nitrogens is 1. The second-order valence-corrected chi connectivity index (χ2v) is 17.1. The van der Waals surface area contributed by atoms with Gasteiger partial charge in [-0.05, 0) is 72.7 Å². The molecule has 10 heteroatoms. The van der Waals surface area contributed by atoms with Crippen molar-refractivity contribution >= 4 is 63.0 Å². The van der Waals surface area contributed by atoms with Gasteiger partial charge in [-0.25, -0.2) is 4.57 Å². The number of carbonyl (C=O) groups excluding carboxylic acids is 2. The zero-order chi connectivity index (χ0) is 39.4. The maximum absolute atomic E-state index is 12.7. The van der Waals surface area contributed by atoms with E-state index in [2.05, 4.69) is 134 Å². The Labute approximate surface area is 338 Å². The van der Waals surface area contributed by atoms with Crippen molar-refractivity contribution in [2.45, 2.75) is 38.5 Å². The molecule has 8 nitrogen and oxygen atoms in total. The first kappa shape index (κ1) is 43.5. The van der Waals surface area contributed by atoms with Crippen molar-refractivity contribution < 1.29 is 19.1 Å². The minimum atomic E-state index is 0.210. The molecule has 0 fully saturated rings. The molecule has 1 unspecified atom stereocenters. The molecule has 1 aliphatic rings. The third kappa shape index (κ3) is 16.2. The number of quaternary nitrogens is 1. The van der Waals surface area contributed by atoms with E-state index in [9.17, 15) is 9.59 Å². The number of carbonyl (C=O) groups is 2. The number of nitrogens with one attached hydrogen (secondary N) is 1. The molecule has 0 saturated carbocycles. The molecule has 294 valence electrons. The molecule has 0 bridgehead atoms. The van der Waals surface area contributed by atoms with Crippen LogP contribution in [0, 0.1) is 0 Å². The zero-order valence-corrected chi connectivity index (χ0v) is 35.5. The molecule has 2 amide bonds. The third-order valence-electron chi connectivity index (χ3n) is 9.69. The van der Waals surface area contributed by atoms with Crippen LogP contribution in [-0.4, -0.2) is 94.5 Å². The highest BCUT2D eigenvalue weighted by Gasteiger charge is 2.11. The Morgan fingerprint density at radius 2 is 1.05 bits per heavy atom. The van der Waals surface area contributed by atoms with Crippen molar-refractivity contribution in [1.82, 2.24) is 9.80 Å². The van der Waals surface area contributed by atoms with Gasteiger partial charge in [0, 0.05) is 114 Å². The van der Waals surface area contributed by atoms with Gasteiger partial charge in [0.2, 0.25) is 11.8 Å². The van der Waals surface area contributed by atoms with E-state index in [1.807, 2.05) is 69.5 Å². The Bertz CT molecular complexity index is 1740. The lowest BCUT2D eigenvalue weighted by Crippen LogP contribution is -2.98. The first-order chi connectivity index (χ1) is 26.6. The standard InChI is InChI=1S/C45H61N6O2S2/c1-46-32-25-40(26-33-46)14-13-38-17-21-42(22-18-38)48(3)28-9-30-50(5)44(52)11-7-35-54-55-36-8-12-45(53)51(6)31-10-29-49(4)43-23-19-39(20-24-43)15-16-41-27-34-47(2)37-41/h13-27,32-34,37H,7-12,28-31,35-36H2,1-6H3/q+1/p+1/b16-15+. The van der Waals surface area contributed by atoms with Crippen LogP contribution in [0.2, 0.25) is 0 Å². The molecule has 0 aliphatic carbocycles. The highest BCUT2D eigenvalue weighted by atomic mass is 33.1. The average Bonchev–Trinajstić information content (AvgIpc) is 3.62. The highest BCUT2D eigenvalue weighted by molar-refractivity contribution is 8.76. The lowest BCUT2D eigenvalue weighted by molar-refractivity contribution is -0.763. The maximum atomic E-state index is 12.7. The Hall–Kier alpha value is -4.25. The number of allylic oxidation sites excluding steroid dienone is 3. The largest absolute Gasteiger partial charge is 0.375 e. The van der Waals surface area contributed by atoms with Crippen molar-refractivity contribution in [3.05, 3.63) is 120 Å². The van der Waals surface area contributed by atoms with Crippen molar-refractivity contribution in [2.24, 2.45) is 7.05 Å². The van der Waals surface area contributed by atoms with Gasteiger partial charge in [-0.2, -0.15) is 0 Å².